The summed E-state index contributed by atoms with van der Waals surface area (Å²) >= 11 is 0. The quantitative estimate of drug-likeness (QED) is 0.451. The molecule has 7 nitrogen and oxygen atoms in total. The molecule has 0 aromatic carbocycles. The van der Waals surface area contributed by atoms with Gasteiger partial charge in [0.15, 0.2) is 0 Å². The van der Waals surface area contributed by atoms with E-state index in [-0.39, 0.29) is 31.3 Å². The highest BCUT2D eigenvalue weighted by atomic mass is 16.4. The second kappa shape index (κ2) is 8.46. The summed E-state index contributed by atoms with van der Waals surface area (Å²) in [5.74, 6) is -2.18. The van der Waals surface area contributed by atoms with E-state index in [0.717, 1.165) is 0 Å². The summed E-state index contributed by atoms with van der Waals surface area (Å²) in [4.78, 5) is 32.5. The number of rotatable bonds is 9. The Hall–Kier alpha value is -1.63. The molecule has 104 valence electrons. The van der Waals surface area contributed by atoms with Gasteiger partial charge in [0.2, 0.25) is 5.91 Å². The molecule has 0 fully saturated rings. The van der Waals surface area contributed by atoms with Crippen LogP contribution in [0.1, 0.15) is 26.7 Å². The third kappa shape index (κ3) is 8.51. The highest BCUT2D eigenvalue weighted by Gasteiger charge is 2.19. The largest absolute Gasteiger partial charge is 0.481 e. The summed E-state index contributed by atoms with van der Waals surface area (Å²) in [5.41, 5.74) is 0. The van der Waals surface area contributed by atoms with Crippen molar-refractivity contribution in [2.75, 3.05) is 13.1 Å². The standard InChI is InChI=1S/C11H20N2O5/c1-7(2)5-8(13-6-10(16)17)11(18)12-4-3-9(14)15/h7-8,13H,3-6H2,1-2H3,(H,12,18)(H,14,15)(H,16,17)/t8-/m0/s1. The Morgan fingerprint density at radius 2 is 1.72 bits per heavy atom. The fourth-order valence-corrected chi connectivity index (χ4v) is 1.38. The van der Waals surface area contributed by atoms with Crippen molar-refractivity contribution in [2.45, 2.75) is 32.7 Å². The predicted molar refractivity (Wildman–Crippen MR) is 64.1 cm³/mol. The fraction of sp³-hybridized carbons (Fsp3) is 0.727. The minimum Gasteiger partial charge on any atom is -0.481 e. The molecule has 0 aliphatic carbocycles. The highest BCUT2D eigenvalue weighted by Crippen LogP contribution is 2.04. The van der Waals surface area contributed by atoms with Crippen LogP contribution < -0.4 is 10.6 Å². The Balaban J connectivity index is 4.21. The van der Waals surface area contributed by atoms with Crippen LogP contribution in [0.3, 0.4) is 0 Å². The third-order valence-corrected chi connectivity index (χ3v) is 2.16. The average Bonchev–Trinajstić information content (AvgIpc) is 2.22. The van der Waals surface area contributed by atoms with Crippen LogP contribution in [0, 0.1) is 5.92 Å². The van der Waals surface area contributed by atoms with Crippen molar-refractivity contribution < 1.29 is 24.6 Å². The molecule has 18 heavy (non-hydrogen) atoms. The van der Waals surface area contributed by atoms with Crippen LogP contribution in [0.5, 0.6) is 0 Å². The molecule has 0 aliphatic rings. The molecular weight excluding hydrogens is 240 g/mol. The van der Waals surface area contributed by atoms with Crippen LogP contribution in [0.4, 0.5) is 0 Å². The van der Waals surface area contributed by atoms with E-state index in [0.29, 0.717) is 6.42 Å². The lowest BCUT2D eigenvalue weighted by Gasteiger charge is -2.19. The molecule has 0 saturated heterocycles. The first-order chi connectivity index (χ1) is 8.32. The second-order valence-electron chi connectivity index (χ2n) is 4.39. The van der Waals surface area contributed by atoms with Crippen LogP contribution in [-0.4, -0.2) is 47.2 Å². The van der Waals surface area contributed by atoms with Gasteiger partial charge in [-0.3, -0.25) is 19.7 Å². The van der Waals surface area contributed by atoms with Crippen molar-refractivity contribution in [1.82, 2.24) is 10.6 Å². The van der Waals surface area contributed by atoms with Crippen LogP contribution in [0.25, 0.3) is 0 Å². The first-order valence-electron chi connectivity index (χ1n) is 5.77. The summed E-state index contributed by atoms with van der Waals surface area (Å²) < 4.78 is 0. The van der Waals surface area contributed by atoms with Crippen LogP contribution >= 0.6 is 0 Å². The van der Waals surface area contributed by atoms with Gasteiger partial charge < -0.3 is 15.5 Å². The molecule has 0 rings (SSSR count). The Morgan fingerprint density at radius 1 is 1.11 bits per heavy atom. The summed E-state index contributed by atoms with van der Waals surface area (Å²) in [7, 11) is 0. The highest BCUT2D eigenvalue weighted by molar-refractivity contribution is 5.82. The third-order valence-electron chi connectivity index (χ3n) is 2.16. The summed E-state index contributed by atoms with van der Waals surface area (Å²) in [5, 5.41) is 22.1. The van der Waals surface area contributed by atoms with E-state index in [1.807, 2.05) is 13.8 Å². The van der Waals surface area contributed by atoms with Crippen molar-refractivity contribution in [3.63, 3.8) is 0 Å². The van der Waals surface area contributed by atoms with E-state index in [9.17, 15) is 14.4 Å². The lowest BCUT2D eigenvalue weighted by Crippen LogP contribution is -2.47. The maximum absolute atomic E-state index is 11.7. The van der Waals surface area contributed by atoms with E-state index in [4.69, 9.17) is 10.2 Å². The van der Waals surface area contributed by atoms with Crippen molar-refractivity contribution in [2.24, 2.45) is 5.92 Å². The molecule has 0 spiro atoms. The van der Waals surface area contributed by atoms with E-state index in [2.05, 4.69) is 10.6 Å². The number of carbonyl (C=O) groups is 3. The molecule has 1 amide bonds. The first kappa shape index (κ1) is 16.4. The monoisotopic (exact) mass is 260 g/mol. The van der Waals surface area contributed by atoms with E-state index < -0.39 is 18.0 Å². The topological polar surface area (TPSA) is 116 Å². The van der Waals surface area contributed by atoms with E-state index in [1.165, 1.54) is 0 Å². The average molecular weight is 260 g/mol. The van der Waals surface area contributed by atoms with Crippen molar-refractivity contribution in [3.8, 4) is 0 Å². The second-order valence-corrected chi connectivity index (χ2v) is 4.39. The predicted octanol–water partition coefficient (Wildman–Crippen LogP) is -0.334. The molecule has 1 atom stereocenters. The van der Waals surface area contributed by atoms with Gasteiger partial charge in [-0.1, -0.05) is 13.8 Å². The first-order valence-corrected chi connectivity index (χ1v) is 5.77. The number of carboxylic acids is 2. The van der Waals surface area contributed by atoms with Gasteiger partial charge in [-0.25, -0.2) is 0 Å². The Morgan fingerprint density at radius 3 is 2.17 bits per heavy atom. The van der Waals surface area contributed by atoms with Gasteiger partial charge in [0.05, 0.1) is 19.0 Å². The zero-order chi connectivity index (χ0) is 14.1. The summed E-state index contributed by atoms with van der Waals surface area (Å²) in [6.07, 6.45) is 0.339. The molecule has 0 radical (unpaired) electrons. The van der Waals surface area contributed by atoms with Gasteiger partial charge in [-0.2, -0.15) is 0 Å². The van der Waals surface area contributed by atoms with Crippen LogP contribution in [0.15, 0.2) is 0 Å². The minimum absolute atomic E-state index is 0.0392. The Kier molecular flexibility index (Phi) is 7.69. The van der Waals surface area contributed by atoms with Gasteiger partial charge in [0, 0.05) is 6.54 Å². The number of nitrogens with one attached hydrogen (secondary N) is 2. The molecule has 0 saturated carbocycles. The molecule has 0 bridgehead atoms. The van der Waals surface area contributed by atoms with Crippen molar-refractivity contribution in [1.29, 1.82) is 0 Å². The van der Waals surface area contributed by atoms with Gasteiger partial charge in [-0.05, 0) is 12.3 Å². The number of hydrogen-bond donors (Lipinski definition) is 4. The molecule has 0 aromatic rings. The lowest BCUT2D eigenvalue weighted by molar-refractivity contribution is -0.137. The SMILES string of the molecule is CC(C)C[C@H](NCC(=O)O)C(=O)NCCC(=O)O. The zero-order valence-electron chi connectivity index (χ0n) is 10.6. The molecule has 4 N–H and O–H groups in total. The normalized spacial score (nSPS) is 12.2. The maximum atomic E-state index is 11.7. The minimum atomic E-state index is -1.04. The van der Waals surface area contributed by atoms with Crippen molar-refractivity contribution in [3.05, 3.63) is 0 Å². The number of aliphatic carboxylic acids is 2. The Labute approximate surface area is 106 Å². The van der Waals surface area contributed by atoms with Crippen molar-refractivity contribution >= 4 is 17.8 Å². The molecular formula is C11H20N2O5. The lowest BCUT2D eigenvalue weighted by atomic mass is 10.0. The molecule has 7 heteroatoms. The summed E-state index contributed by atoms with van der Waals surface area (Å²) in [6.45, 7) is 3.57. The van der Waals surface area contributed by atoms with Gasteiger partial charge >= 0.3 is 11.9 Å². The molecule has 0 aromatic heterocycles. The smallest absolute Gasteiger partial charge is 0.317 e. The van der Waals surface area contributed by atoms with Gasteiger partial charge in [-0.15, -0.1) is 0 Å². The van der Waals surface area contributed by atoms with Gasteiger partial charge in [0.25, 0.3) is 0 Å². The zero-order valence-corrected chi connectivity index (χ0v) is 10.6. The number of amides is 1. The molecule has 0 unspecified atom stereocenters. The summed E-state index contributed by atoms with van der Waals surface area (Å²) in [6, 6.07) is -0.616. The van der Waals surface area contributed by atoms with Crippen LogP contribution in [0.2, 0.25) is 0 Å². The number of carboxylic acid groups (broad SMARTS) is 2. The van der Waals surface area contributed by atoms with E-state index in [1.54, 1.807) is 0 Å². The van der Waals surface area contributed by atoms with Crippen LogP contribution in [-0.2, 0) is 14.4 Å². The molecule has 0 aliphatic heterocycles. The number of hydrogen-bond acceptors (Lipinski definition) is 4. The van der Waals surface area contributed by atoms with E-state index >= 15 is 0 Å². The number of carbonyl (C=O) groups excluding carboxylic acids is 1. The molecule has 0 heterocycles. The maximum Gasteiger partial charge on any atom is 0.317 e. The van der Waals surface area contributed by atoms with Gasteiger partial charge in [0.1, 0.15) is 0 Å². The fourth-order valence-electron chi connectivity index (χ4n) is 1.38. The Bertz CT molecular complexity index is 304.